The number of hydrogen-bond acceptors (Lipinski definition) is 10. The van der Waals surface area contributed by atoms with Gasteiger partial charge in [-0.15, -0.1) is 0 Å². The number of hydrogen-bond donors (Lipinski definition) is 1. The molecule has 230 valence electrons. The van der Waals surface area contributed by atoms with Crippen molar-refractivity contribution in [1.82, 2.24) is 25.0 Å². The second-order valence-corrected chi connectivity index (χ2v) is 10.6. The monoisotopic (exact) mass is 588 g/mol. The van der Waals surface area contributed by atoms with Crippen molar-refractivity contribution in [3.8, 4) is 5.75 Å². The predicted molar refractivity (Wildman–Crippen MR) is 148 cm³/mol. The maximum atomic E-state index is 14.3. The summed E-state index contributed by atoms with van der Waals surface area (Å²) >= 11 is 0. The number of nitrogens with zero attached hydrogens (tertiary/aromatic N) is 5. The molecule has 1 aliphatic carbocycles. The number of methoxy groups -OCH3 is 1. The third-order valence-electron chi connectivity index (χ3n) is 7.68. The molecule has 0 aromatic carbocycles. The van der Waals surface area contributed by atoms with Crippen LogP contribution in [0.15, 0.2) is 25.0 Å². The molecule has 3 heterocycles. The van der Waals surface area contributed by atoms with E-state index in [1.807, 2.05) is 0 Å². The second kappa shape index (κ2) is 15.4. The lowest BCUT2D eigenvalue weighted by Crippen LogP contribution is -2.55. The molecule has 3 atom stereocenters. The summed E-state index contributed by atoms with van der Waals surface area (Å²) in [6.45, 7) is 4.05. The molecule has 1 aromatic heterocycles. The van der Waals surface area contributed by atoms with Crippen molar-refractivity contribution in [3.05, 3.63) is 25.0 Å². The number of hydroxylamine groups is 2. The molecule has 3 fully saturated rings. The number of amides is 4. The SMILES string of the molecule is C=CCOC(=O)N1CCC(C(=O)Nc2ncc(OC)cn2)N1C(=O)[C@H](CC1CCCC1)CN(C=O)OC1CCCCO1. The molecule has 4 amide bonds. The smallest absolute Gasteiger partial charge is 0.429 e. The highest BCUT2D eigenvalue weighted by Gasteiger charge is 2.46. The summed E-state index contributed by atoms with van der Waals surface area (Å²) in [7, 11) is 1.47. The van der Waals surface area contributed by atoms with E-state index in [2.05, 4.69) is 21.9 Å². The fourth-order valence-electron chi connectivity index (χ4n) is 5.58. The molecule has 3 aliphatic rings. The topological polar surface area (TPSA) is 153 Å². The van der Waals surface area contributed by atoms with Gasteiger partial charge in [0.05, 0.1) is 32.0 Å². The van der Waals surface area contributed by atoms with Gasteiger partial charge in [-0.1, -0.05) is 38.3 Å². The molecule has 4 rings (SSSR count). The van der Waals surface area contributed by atoms with Crippen molar-refractivity contribution < 1.29 is 38.2 Å². The minimum absolute atomic E-state index is 0.0244. The lowest BCUT2D eigenvalue weighted by Gasteiger charge is -2.35. The summed E-state index contributed by atoms with van der Waals surface area (Å²) in [5, 5.41) is 6.03. The summed E-state index contributed by atoms with van der Waals surface area (Å²) in [5.41, 5.74) is 0. The van der Waals surface area contributed by atoms with Crippen LogP contribution >= 0.6 is 0 Å². The van der Waals surface area contributed by atoms with Gasteiger partial charge in [0.1, 0.15) is 12.6 Å². The lowest BCUT2D eigenvalue weighted by molar-refractivity contribution is -0.276. The first kappa shape index (κ1) is 31.2. The van der Waals surface area contributed by atoms with E-state index in [1.54, 1.807) is 0 Å². The van der Waals surface area contributed by atoms with Crippen molar-refractivity contribution in [2.45, 2.75) is 70.1 Å². The summed E-state index contributed by atoms with van der Waals surface area (Å²) < 4.78 is 15.9. The van der Waals surface area contributed by atoms with E-state index in [-0.39, 0.29) is 38.0 Å². The van der Waals surface area contributed by atoms with E-state index in [0.29, 0.717) is 31.6 Å². The average molecular weight is 589 g/mol. The van der Waals surface area contributed by atoms with Crippen molar-refractivity contribution in [3.63, 3.8) is 0 Å². The molecule has 2 saturated heterocycles. The number of rotatable bonds is 13. The third kappa shape index (κ3) is 8.16. The normalized spacial score (nSPS) is 21.5. The van der Waals surface area contributed by atoms with Crippen LogP contribution in [0.25, 0.3) is 0 Å². The van der Waals surface area contributed by atoms with Gasteiger partial charge in [0.25, 0.3) is 5.91 Å². The van der Waals surface area contributed by atoms with Gasteiger partial charge in [0.15, 0.2) is 12.0 Å². The molecule has 42 heavy (non-hydrogen) atoms. The van der Waals surface area contributed by atoms with Crippen LogP contribution in [0.4, 0.5) is 10.7 Å². The quantitative estimate of drug-likeness (QED) is 0.207. The van der Waals surface area contributed by atoms with Gasteiger partial charge in [-0.3, -0.25) is 19.7 Å². The Morgan fingerprint density at radius 3 is 2.55 bits per heavy atom. The van der Waals surface area contributed by atoms with E-state index in [0.717, 1.165) is 53.6 Å². The van der Waals surface area contributed by atoms with E-state index in [4.69, 9.17) is 19.0 Å². The largest absolute Gasteiger partial charge is 0.494 e. The molecule has 1 aromatic rings. The highest BCUT2D eigenvalue weighted by Crippen LogP contribution is 2.33. The summed E-state index contributed by atoms with van der Waals surface area (Å²) in [4.78, 5) is 66.8. The molecule has 1 N–H and O–H groups in total. The minimum Gasteiger partial charge on any atom is -0.494 e. The second-order valence-electron chi connectivity index (χ2n) is 10.6. The molecule has 0 spiro atoms. The number of anilines is 1. The summed E-state index contributed by atoms with van der Waals surface area (Å²) in [6.07, 6.45) is 10.5. The number of aromatic nitrogens is 2. The maximum Gasteiger partial charge on any atom is 0.429 e. The van der Waals surface area contributed by atoms with Gasteiger partial charge < -0.3 is 14.2 Å². The van der Waals surface area contributed by atoms with Crippen LogP contribution in [0.5, 0.6) is 5.75 Å². The highest BCUT2D eigenvalue weighted by molar-refractivity contribution is 5.97. The molecule has 2 unspecified atom stereocenters. The van der Waals surface area contributed by atoms with Gasteiger partial charge in [0, 0.05) is 19.6 Å². The summed E-state index contributed by atoms with van der Waals surface area (Å²) in [6, 6.07) is -1.04. The number of hydrazine groups is 1. The minimum atomic E-state index is -1.04. The van der Waals surface area contributed by atoms with Crippen LogP contribution in [0.1, 0.15) is 57.8 Å². The zero-order valence-electron chi connectivity index (χ0n) is 24.0. The molecular weight excluding hydrogens is 548 g/mol. The Hall–Kier alpha value is -3.78. The molecule has 1 saturated carbocycles. The summed E-state index contributed by atoms with van der Waals surface area (Å²) in [5.74, 6) is -1.09. The van der Waals surface area contributed by atoms with E-state index in [1.165, 1.54) is 25.6 Å². The third-order valence-corrected chi connectivity index (χ3v) is 7.68. The van der Waals surface area contributed by atoms with Crippen molar-refractivity contribution in [2.75, 3.05) is 38.7 Å². The van der Waals surface area contributed by atoms with Gasteiger partial charge in [-0.25, -0.2) is 34.7 Å². The van der Waals surface area contributed by atoms with Crippen LogP contribution in [-0.2, 0) is 28.7 Å². The van der Waals surface area contributed by atoms with E-state index < -0.39 is 36.2 Å². The Morgan fingerprint density at radius 2 is 1.90 bits per heavy atom. The Morgan fingerprint density at radius 1 is 1.17 bits per heavy atom. The Balaban J connectivity index is 1.57. The molecule has 0 radical (unpaired) electrons. The zero-order chi connectivity index (χ0) is 29.9. The number of carbonyl (C=O) groups excluding carboxylic acids is 4. The zero-order valence-corrected chi connectivity index (χ0v) is 24.0. The van der Waals surface area contributed by atoms with Crippen molar-refractivity contribution >= 4 is 30.3 Å². The molecular formula is C28H40N6O8. The Kier molecular flexibility index (Phi) is 11.5. The number of nitrogens with one attached hydrogen (secondary N) is 1. The number of ether oxygens (including phenoxy) is 3. The van der Waals surface area contributed by atoms with Crippen LogP contribution < -0.4 is 10.1 Å². The van der Waals surface area contributed by atoms with Gasteiger partial charge >= 0.3 is 6.09 Å². The van der Waals surface area contributed by atoms with Crippen molar-refractivity contribution in [1.29, 1.82) is 0 Å². The van der Waals surface area contributed by atoms with Crippen LogP contribution in [0.2, 0.25) is 0 Å². The molecule has 14 nitrogen and oxygen atoms in total. The average Bonchev–Trinajstić information content (AvgIpc) is 3.70. The van der Waals surface area contributed by atoms with Gasteiger partial charge in [-0.05, 0) is 31.6 Å². The highest BCUT2D eigenvalue weighted by atomic mass is 16.8. The van der Waals surface area contributed by atoms with E-state index in [9.17, 15) is 19.2 Å². The molecule has 0 bridgehead atoms. The van der Waals surface area contributed by atoms with Crippen LogP contribution in [-0.4, -0.2) is 95.1 Å². The van der Waals surface area contributed by atoms with Crippen LogP contribution in [0, 0.1) is 11.8 Å². The van der Waals surface area contributed by atoms with Crippen molar-refractivity contribution in [2.24, 2.45) is 11.8 Å². The van der Waals surface area contributed by atoms with E-state index >= 15 is 0 Å². The Bertz CT molecular complexity index is 1080. The first-order chi connectivity index (χ1) is 20.4. The van der Waals surface area contributed by atoms with Crippen LogP contribution in [0.3, 0.4) is 0 Å². The predicted octanol–water partition coefficient (Wildman–Crippen LogP) is 2.68. The lowest BCUT2D eigenvalue weighted by atomic mass is 9.92. The fourth-order valence-corrected chi connectivity index (χ4v) is 5.58. The molecule has 14 heteroatoms. The van der Waals surface area contributed by atoms with Gasteiger partial charge in [0.2, 0.25) is 18.3 Å². The first-order valence-electron chi connectivity index (χ1n) is 14.5. The molecule has 2 aliphatic heterocycles. The maximum absolute atomic E-state index is 14.3. The Labute approximate surface area is 245 Å². The van der Waals surface area contributed by atoms with Gasteiger partial charge in [-0.2, -0.15) is 0 Å². The number of carbonyl (C=O) groups is 4. The first-order valence-corrected chi connectivity index (χ1v) is 14.5. The standard InChI is InChI=1S/C28H40N6O8/c1-3-13-41-28(38)33-12-11-23(25(36)31-27-29-16-22(39-2)17-30-27)34(33)26(37)21(15-20-8-4-5-9-20)18-32(19-35)42-24-10-6-7-14-40-24/h3,16-17,19-21,23-24H,1,4-15,18H2,2H3,(H,29,30,31,36)/t21-,23?,24?/m1/s1. The fraction of sp³-hybridized carbons (Fsp3) is 0.643.